The van der Waals surface area contributed by atoms with E-state index in [1.807, 2.05) is 76.0 Å². The van der Waals surface area contributed by atoms with Gasteiger partial charge >= 0.3 is 0 Å². The van der Waals surface area contributed by atoms with Crippen LogP contribution in [0.1, 0.15) is 21.6 Å². The molecule has 0 saturated heterocycles. The molecule has 1 atom stereocenters. The summed E-state index contributed by atoms with van der Waals surface area (Å²) in [5.74, 6) is 0.273. The van der Waals surface area contributed by atoms with E-state index in [4.69, 9.17) is 5.73 Å². The van der Waals surface area contributed by atoms with Gasteiger partial charge in [0.15, 0.2) is 12.0 Å². The molecule has 0 aliphatic carbocycles. The van der Waals surface area contributed by atoms with Gasteiger partial charge in [-0.05, 0) is 23.3 Å². The van der Waals surface area contributed by atoms with Gasteiger partial charge < -0.3 is 25.4 Å². The number of hydrogen-bond acceptors (Lipinski definition) is 7. The fraction of sp³-hybridized carbons (Fsp3) is 0.167. The Kier molecular flexibility index (Phi) is 5.35. The monoisotopic (exact) mass is 440 g/mol. The Balaban J connectivity index is 1.23. The van der Waals surface area contributed by atoms with E-state index in [9.17, 15) is 4.79 Å². The van der Waals surface area contributed by atoms with Crippen molar-refractivity contribution in [2.24, 2.45) is 15.7 Å². The number of aliphatic imine (C=N–C) groups is 2. The number of carbonyl (C=O) groups excluding carboxylic acids is 1. The standard InChI is InChI=1S/C24H24N8O/c1-30-15-29-22(25)21-24(30)32(16-28-21)19-9-7-17(8-10-19)11-27-23(33)20-12-26-14-31(20)13-18-5-3-2-4-6-18/h2-10,12,14-16,24H,11,13,25H2,1H3,(H,27,33). The van der Waals surface area contributed by atoms with E-state index in [1.165, 1.54) is 0 Å². The minimum absolute atomic E-state index is 0.113. The summed E-state index contributed by atoms with van der Waals surface area (Å²) in [6.45, 7) is 1.01. The van der Waals surface area contributed by atoms with E-state index < -0.39 is 0 Å². The molecule has 2 aromatic carbocycles. The van der Waals surface area contributed by atoms with Crippen LogP contribution in [0.15, 0.2) is 88.6 Å². The molecule has 0 spiro atoms. The number of hydrogen-bond donors (Lipinski definition) is 2. The third-order valence-corrected chi connectivity index (χ3v) is 5.68. The Bertz CT molecular complexity index is 1240. The third-order valence-electron chi connectivity index (χ3n) is 5.68. The second kappa shape index (κ2) is 8.62. The smallest absolute Gasteiger partial charge is 0.269 e. The van der Waals surface area contributed by atoms with Crippen LogP contribution >= 0.6 is 0 Å². The van der Waals surface area contributed by atoms with Gasteiger partial charge in [0.1, 0.15) is 11.4 Å². The van der Waals surface area contributed by atoms with Gasteiger partial charge in [-0.3, -0.25) is 4.79 Å². The van der Waals surface area contributed by atoms with Crippen molar-refractivity contribution in [1.29, 1.82) is 0 Å². The van der Waals surface area contributed by atoms with Crippen LogP contribution in [0, 0.1) is 0 Å². The first-order valence-corrected chi connectivity index (χ1v) is 10.6. The second-order valence-electron chi connectivity index (χ2n) is 7.95. The molecule has 3 heterocycles. The van der Waals surface area contributed by atoms with E-state index >= 15 is 0 Å². The van der Waals surface area contributed by atoms with Gasteiger partial charge in [-0.25, -0.2) is 15.0 Å². The zero-order valence-corrected chi connectivity index (χ0v) is 18.2. The molecule has 1 unspecified atom stereocenters. The molecular formula is C24H24N8O. The second-order valence-corrected chi connectivity index (χ2v) is 7.95. The number of imidazole rings is 1. The molecule has 33 heavy (non-hydrogen) atoms. The number of nitrogens with zero attached hydrogens (tertiary/aromatic N) is 6. The highest BCUT2D eigenvalue weighted by atomic mass is 16.1. The summed E-state index contributed by atoms with van der Waals surface area (Å²) in [5, 5.41) is 2.99. The molecule has 2 aliphatic heterocycles. The lowest BCUT2D eigenvalue weighted by Gasteiger charge is -2.33. The van der Waals surface area contributed by atoms with Gasteiger partial charge in [0.05, 0.1) is 25.2 Å². The lowest BCUT2D eigenvalue weighted by molar-refractivity contribution is 0.0942. The van der Waals surface area contributed by atoms with Crippen molar-refractivity contribution in [1.82, 2.24) is 19.8 Å². The number of amides is 1. The predicted molar refractivity (Wildman–Crippen MR) is 128 cm³/mol. The first-order valence-electron chi connectivity index (χ1n) is 10.6. The summed E-state index contributed by atoms with van der Waals surface area (Å²) in [6, 6.07) is 18.0. The molecule has 166 valence electrons. The number of fused-ring (bicyclic) bond motifs is 1. The van der Waals surface area contributed by atoms with E-state index in [-0.39, 0.29) is 12.1 Å². The van der Waals surface area contributed by atoms with Crippen molar-refractivity contribution in [2.45, 2.75) is 19.3 Å². The summed E-state index contributed by atoms with van der Waals surface area (Å²) < 4.78 is 1.85. The minimum atomic E-state index is -0.160. The lowest BCUT2D eigenvalue weighted by atomic mass is 10.1. The molecule has 9 heteroatoms. The van der Waals surface area contributed by atoms with Gasteiger partial charge in [0, 0.05) is 25.8 Å². The number of nitrogens with two attached hydrogens (primary N) is 1. The highest BCUT2D eigenvalue weighted by Gasteiger charge is 2.33. The Hall–Kier alpha value is -4.40. The zero-order chi connectivity index (χ0) is 22.8. The normalized spacial score (nSPS) is 16.9. The molecule has 0 bridgehead atoms. The number of likely N-dealkylation sites (N-methyl/N-ethyl adjacent to an activating group) is 1. The number of aromatic nitrogens is 2. The molecule has 2 aliphatic rings. The van der Waals surface area contributed by atoms with Crippen molar-refractivity contribution >= 4 is 24.3 Å². The molecule has 5 rings (SSSR count). The predicted octanol–water partition coefficient (Wildman–Crippen LogP) is 2.14. The number of nitrogens with one attached hydrogen (secondary N) is 1. The van der Waals surface area contributed by atoms with E-state index in [2.05, 4.69) is 20.3 Å². The fourth-order valence-corrected chi connectivity index (χ4v) is 3.94. The largest absolute Gasteiger partial charge is 0.382 e. The Morgan fingerprint density at radius 1 is 1.03 bits per heavy atom. The molecular weight excluding hydrogens is 416 g/mol. The molecule has 9 nitrogen and oxygen atoms in total. The van der Waals surface area contributed by atoms with Crippen LogP contribution in [-0.4, -0.2) is 46.2 Å². The molecule has 0 fully saturated rings. The first kappa shape index (κ1) is 20.5. The summed E-state index contributed by atoms with van der Waals surface area (Å²) in [7, 11) is 1.94. The average molecular weight is 441 g/mol. The topological polar surface area (TPSA) is 104 Å². The van der Waals surface area contributed by atoms with Gasteiger partial charge in [0.2, 0.25) is 0 Å². The van der Waals surface area contributed by atoms with Crippen LogP contribution in [0.2, 0.25) is 0 Å². The molecule has 0 radical (unpaired) electrons. The van der Waals surface area contributed by atoms with Crippen molar-refractivity contribution < 1.29 is 4.79 Å². The van der Waals surface area contributed by atoms with Gasteiger partial charge in [-0.2, -0.15) is 0 Å². The SMILES string of the molecule is CN1C=NC(N)=C2N=CN(c3ccc(CNC(=O)c4cncn4Cc4ccccc4)cc3)C21. The minimum Gasteiger partial charge on any atom is -0.382 e. The van der Waals surface area contributed by atoms with Gasteiger partial charge in [-0.15, -0.1) is 0 Å². The van der Waals surface area contributed by atoms with E-state index in [1.54, 1.807) is 25.2 Å². The van der Waals surface area contributed by atoms with E-state index in [0.717, 1.165) is 22.5 Å². The highest BCUT2D eigenvalue weighted by Crippen LogP contribution is 2.29. The maximum Gasteiger partial charge on any atom is 0.269 e. The summed E-state index contributed by atoms with van der Waals surface area (Å²) in [4.78, 5) is 29.5. The Labute approximate surface area is 191 Å². The molecule has 3 aromatic rings. The van der Waals surface area contributed by atoms with Gasteiger partial charge in [0.25, 0.3) is 5.91 Å². The molecule has 3 N–H and O–H groups in total. The molecule has 1 amide bonds. The van der Waals surface area contributed by atoms with Crippen LogP contribution in [0.3, 0.4) is 0 Å². The van der Waals surface area contributed by atoms with Crippen LogP contribution in [0.5, 0.6) is 0 Å². The van der Waals surface area contributed by atoms with Crippen LogP contribution in [0.25, 0.3) is 0 Å². The molecule has 1 aromatic heterocycles. The number of rotatable bonds is 6. The van der Waals surface area contributed by atoms with Crippen LogP contribution < -0.4 is 16.0 Å². The van der Waals surface area contributed by atoms with Crippen molar-refractivity contribution in [3.05, 3.63) is 95.5 Å². The van der Waals surface area contributed by atoms with Crippen molar-refractivity contribution in [2.75, 3.05) is 11.9 Å². The first-order chi connectivity index (χ1) is 16.1. The van der Waals surface area contributed by atoms with Gasteiger partial charge in [-0.1, -0.05) is 42.5 Å². The maximum atomic E-state index is 12.8. The molecule has 0 saturated carbocycles. The Morgan fingerprint density at radius 3 is 2.61 bits per heavy atom. The highest BCUT2D eigenvalue weighted by molar-refractivity contribution is 5.92. The third kappa shape index (κ3) is 4.08. The summed E-state index contributed by atoms with van der Waals surface area (Å²) in [5.41, 5.74) is 10.3. The zero-order valence-electron chi connectivity index (χ0n) is 18.2. The van der Waals surface area contributed by atoms with Crippen molar-refractivity contribution in [3.8, 4) is 0 Å². The summed E-state index contributed by atoms with van der Waals surface area (Å²) >= 11 is 0. The maximum absolute atomic E-state index is 12.8. The van der Waals surface area contributed by atoms with E-state index in [0.29, 0.717) is 24.6 Å². The van der Waals surface area contributed by atoms with Crippen molar-refractivity contribution in [3.63, 3.8) is 0 Å². The van der Waals surface area contributed by atoms with Crippen LogP contribution in [-0.2, 0) is 13.1 Å². The fourth-order valence-electron chi connectivity index (χ4n) is 3.94. The summed E-state index contributed by atoms with van der Waals surface area (Å²) in [6.07, 6.45) is 6.63. The Morgan fingerprint density at radius 2 is 1.82 bits per heavy atom. The number of benzene rings is 2. The quantitative estimate of drug-likeness (QED) is 0.611. The lowest BCUT2D eigenvalue weighted by Crippen LogP contribution is -2.45. The average Bonchev–Trinajstić information content (AvgIpc) is 3.49. The number of anilines is 1. The van der Waals surface area contributed by atoms with Crippen LogP contribution in [0.4, 0.5) is 5.69 Å². The number of carbonyl (C=O) groups is 1.